The van der Waals surface area contributed by atoms with Gasteiger partial charge in [0.05, 0.1) is 33.6 Å². The largest absolute Gasteiger partial charge is 0.507 e. The molecule has 9 rings (SSSR count). The Hall–Kier alpha value is -5.25. The molecule has 1 N–H and O–H groups in total. The number of aromatic nitrogens is 3. The van der Waals surface area contributed by atoms with Gasteiger partial charge in [-0.15, -0.1) is 6.07 Å². The van der Waals surface area contributed by atoms with Crippen LogP contribution in [0, 0.1) is 26.8 Å². The molecule has 8 aromatic rings. The second-order valence-corrected chi connectivity index (χ2v) is 22.6. The number of aryl methyl sites for hydroxylation is 3. The standard InChI is InChI=1S/C59H64N3O2.Pt/c1-33-27-28-60-51-42-32-41(53-47(34(2)35(3)64-53)49(42)59(15,16)58(13,14)48(33)51)39-23-20-24-46-50(39)61-54(43-30-38(56(7,8)9)31-44(52(43)63)57(10,11)12)62(46)45-26-25-37(55(4,5)6)29-40(45)36-21-18-17-19-22-36;/h17-31,63H,1-16H3;/q-1;. The van der Waals surface area contributed by atoms with Crippen LogP contribution in [0.2, 0.25) is 0 Å². The van der Waals surface area contributed by atoms with Crippen molar-refractivity contribution in [2.24, 2.45) is 0 Å². The Labute approximate surface area is 401 Å². The number of phenols is 1. The van der Waals surface area contributed by atoms with Crippen molar-refractivity contribution in [2.45, 2.75) is 138 Å². The van der Waals surface area contributed by atoms with Gasteiger partial charge < -0.3 is 9.52 Å². The molecule has 3 aromatic heterocycles. The minimum Gasteiger partial charge on any atom is -0.507 e. The number of hydrogen-bond donors (Lipinski definition) is 1. The van der Waals surface area contributed by atoms with E-state index in [0.717, 1.165) is 83.7 Å². The van der Waals surface area contributed by atoms with E-state index < -0.39 is 0 Å². The summed E-state index contributed by atoms with van der Waals surface area (Å²) in [5.41, 5.74) is 17.1. The average molecular weight is 1040 g/mol. The van der Waals surface area contributed by atoms with E-state index in [-0.39, 0.29) is 53.9 Å². The Balaban J connectivity index is 0.00000576. The molecule has 5 aromatic carbocycles. The van der Waals surface area contributed by atoms with E-state index in [2.05, 4.69) is 206 Å². The first-order valence-electron chi connectivity index (χ1n) is 22.9. The molecular formula is C59H64N3O2Pt-. The predicted octanol–water partition coefficient (Wildman–Crippen LogP) is 15.7. The molecule has 0 aliphatic heterocycles. The number of benzene rings is 5. The van der Waals surface area contributed by atoms with E-state index in [0.29, 0.717) is 11.4 Å². The van der Waals surface area contributed by atoms with Gasteiger partial charge in [-0.1, -0.05) is 172 Å². The number of rotatable bonds is 4. The van der Waals surface area contributed by atoms with Crippen LogP contribution in [0.1, 0.15) is 135 Å². The molecule has 3 heterocycles. The Morgan fingerprint density at radius 3 is 1.95 bits per heavy atom. The first kappa shape index (κ1) is 46.3. The number of hydrogen-bond acceptors (Lipinski definition) is 4. The third-order valence-corrected chi connectivity index (χ3v) is 14.7. The molecular weight excluding hydrogens is 978 g/mol. The Kier molecular flexibility index (Phi) is 11.0. The summed E-state index contributed by atoms with van der Waals surface area (Å²) in [6, 6.07) is 34.4. The van der Waals surface area contributed by atoms with Crippen molar-refractivity contribution in [3.63, 3.8) is 0 Å². The van der Waals surface area contributed by atoms with Gasteiger partial charge in [-0.25, -0.2) is 4.98 Å². The summed E-state index contributed by atoms with van der Waals surface area (Å²) in [4.78, 5) is 10.9. The van der Waals surface area contributed by atoms with Crippen molar-refractivity contribution in [2.75, 3.05) is 0 Å². The van der Waals surface area contributed by atoms with Gasteiger partial charge in [0.1, 0.15) is 11.6 Å². The number of phenolic OH excluding ortho intramolecular Hbond substituents is 1. The van der Waals surface area contributed by atoms with Gasteiger partial charge in [0.15, 0.2) is 0 Å². The first-order valence-corrected chi connectivity index (χ1v) is 22.9. The van der Waals surface area contributed by atoms with Gasteiger partial charge in [-0.2, -0.15) is 0 Å². The second kappa shape index (κ2) is 15.4. The fourth-order valence-corrected chi connectivity index (χ4v) is 10.2. The third kappa shape index (κ3) is 7.14. The molecule has 0 saturated heterocycles. The van der Waals surface area contributed by atoms with Crippen molar-refractivity contribution in [3.8, 4) is 56.3 Å². The van der Waals surface area contributed by atoms with Crippen LogP contribution in [-0.2, 0) is 48.1 Å². The molecule has 0 bridgehead atoms. The fourth-order valence-electron chi connectivity index (χ4n) is 10.2. The molecule has 0 unspecified atom stereocenters. The normalized spacial score (nSPS) is 14.6. The molecule has 1 aliphatic rings. The first-order chi connectivity index (χ1) is 29.8. The van der Waals surface area contributed by atoms with Crippen LogP contribution in [0.25, 0.3) is 72.6 Å². The topological polar surface area (TPSA) is 64.1 Å². The summed E-state index contributed by atoms with van der Waals surface area (Å²) in [6.45, 7) is 35.9. The summed E-state index contributed by atoms with van der Waals surface area (Å²) >= 11 is 0. The zero-order valence-electron chi connectivity index (χ0n) is 41.2. The second-order valence-electron chi connectivity index (χ2n) is 22.6. The summed E-state index contributed by atoms with van der Waals surface area (Å²) in [5.74, 6) is 1.80. The van der Waals surface area contributed by atoms with E-state index in [1.54, 1.807) is 0 Å². The van der Waals surface area contributed by atoms with Crippen LogP contribution in [0.15, 0.2) is 95.5 Å². The Morgan fingerprint density at radius 1 is 0.662 bits per heavy atom. The van der Waals surface area contributed by atoms with Crippen molar-refractivity contribution >= 4 is 22.0 Å². The zero-order valence-corrected chi connectivity index (χ0v) is 43.4. The maximum absolute atomic E-state index is 12.6. The van der Waals surface area contributed by atoms with Gasteiger partial charge in [0, 0.05) is 44.1 Å². The zero-order chi connectivity index (χ0) is 46.2. The molecule has 6 heteroatoms. The van der Waals surface area contributed by atoms with E-state index in [9.17, 15) is 5.11 Å². The fraction of sp³-hybridized carbons (Fsp3) is 0.356. The number of pyridine rings is 1. The molecule has 0 spiro atoms. The maximum atomic E-state index is 12.6. The van der Waals surface area contributed by atoms with Gasteiger partial charge in [-0.3, -0.25) is 9.55 Å². The van der Waals surface area contributed by atoms with Crippen molar-refractivity contribution < 1.29 is 30.6 Å². The van der Waals surface area contributed by atoms with E-state index >= 15 is 0 Å². The quantitative estimate of drug-likeness (QED) is 0.178. The number of imidazole rings is 1. The number of furan rings is 1. The molecule has 65 heavy (non-hydrogen) atoms. The van der Waals surface area contributed by atoms with Crippen molar-refractivity contribution in [1.29, 1.82) is 0 Å². The summed E-state index contributed by atoms with van der Waals surface area (Å²) in [7, 11) is 0. The monoisotopic (exact) mass is 1040 g/mol. The van der Waals surface area contributed by atoms with Gasteiger partial charge in [0.2, 0.25) is 0 Å². The molecule has 0 radical (unpaired) electrons. The van der Waals surface area contributed by atoms with Crippen LogP contribution in [0.5, 0.6) is 5.75 Å². The molecule has 0 amide bonds. The van der Waals surface area contributed by atoms with E-state index in [4.69, 9.17) is 14.4 Å². The molecule has 5 nitrogen and oxygen atoms in total. The molecule has 338 valence electrons. The summed E-state index contributed by atoms with van der Waals surface area (Å²) in [6.07, 6.45) is 1.94. The number of para-hydroxylation sites is 1. The van der Waals surface area contributed by atoms with Gasteiger partial charge in [-0.05, 0) is 111 Å². The SMILES string of the molecule is Cc1ccnc2c1C(C)(C)C(C)(C)c1c-2[c-]c(-c2cccc3c2nc(-c2cc(C(C)(C)C)cc(C(C)(C)C)c2O)n3-c2ccc(C(C)(C)C)cc2-c2ccccc2)c2oc(C)c(C)c12.[Pt]. The van der Waals surface area contributed by atoms with Crippen LogP contribution < -0.4 is 0 Å². The minimum atomic E-state index is -0.338. The molecule has 0 atom stereocenters. The summed E-state index contributed by atoms with van der Waals surface area (Å²) < 4.78 is 9.18. The smallest absolute Gasteiger partial charge is 0.148 e. The third-order valence-electron chi connectivity index (χ3n) is 14.7. The number of fused-ring (bicyclic) bond motifs is 6. The average Bonchev–Trinajstić information content (AvgIpc) is 3.75. The molecule has 0 saturated carbocycles. The van der Waals surface area contributed by atoms with Gasteiger partial charge in [0.25, 0.3) is 0 Å². The van der Waals surface area contributed by atoms with Crippen LogP contribution >= 0.6 is 0 Å². The van der Waals surface area contributed by atoms with Crippen molar-refractivity contribution in [3.05, 3.63) is 142 Å². The van der Waals surface area contributed by atoms with E-state index in [1.807, 2.05) is 6.20 Å². The Morgan fingerprint density at radius 2 is 1.31 bits per heavy atom. The van der Waals surface area contributed by atoms with Crippen molar-refractivity contribution in [1.82, 2.24) is 14.5 Å². The van der Waals surface area contributed by atoms with E-state index in [1.165, 1.54) is 22.3 Å². The summed E-state index contributed by atoms with van der Waals surface area (Å²) in [5, 5.41) is 13.7. The predicted molar refractivity (Wildman–Crippen MR) is 267 cm³/mol. The number of aromatic hydroxyl groups is 1. The maximum Gasteiger partial charge on any atom is 0.148 e. The van der Waals surface area contributed by atoms with Crippen LogP contribution in [-0.4, -0.2) is 19.6 Å². The van der Waals surface area contributed by atoms with Crippen LogP contribution in [0.4, 0.5) is 0 Å². The minimum absolute atomic E-state index is 0. The molecule has 0 fully saturated rings. The van der Waals surface area contributed by atoms with Gasteiger partial charge >= 0.3 is 0 Å². The van der Waals surface area contributed by atoms with Crippen LogP contribution in [0.3, 0.4) is 0 Å². The Bertz CT molecular complexity index is 3200. The molecule has 1 aliphatic carbocycles. The number of nitrogens with zero attached hydrogens (tertiary/aromatic N) is 3.